The number of hydrogen-bond acceptors (Lipinski definition) is 5. The summed E-state index contributed by atoms with van der Waals surface area (Å²) in [5.41, 5.74) is 2.05. The number of hydrogen-bond donors (Lipinski definition) is 1. The first-order valence-corrected chi connectivity index (χ1v) is 5.67. The van der Waals surface area contributed by atoms with Crippen LogP contribution in [0.3, 0.4) is 0 Å². The van der Waals surface area contributed by atoms with Crippen LogP contribution in [-0.4, -0.2) is 15.3 Å². The molecule has 0 bridgehead atoms. The second-order valence-electron chi connectivity index (χ2n) is 3.28. The van der Waals surface area contributed by atoms with E-state index in [0.29, 0.717) is 0 Å². The third kappa shape index (κ3) is 2.43. The second kappa shape index (κ2) is 5.04. The average Bonchev–Trinajstić information content (AvgIpc) is 2.90. The Morgan fingerprint density at radius 1 is 1.60 bits per heavy atom. The van der Waals surface area contributed by atoms with Crippen molar-refractivity contribution in [3.05, 3.63) is 36.0 Å². The van der Waals surface area contributed by atoms with Gasteiger partial charge in [0.2, 0.25) is 0 Å². The molecule has 0 aromatic carbocycles. The van der Waals surface area contributed by atoms with Crippen LogP contribution in [-0.2, 0) is 0 Å². The van der Waals surface area contributed by atoms with E-state index in [9.17, 15) is 0 Å². The average molecular weight is 223 g/mol. The van der Waals surface area contributed by atoms with E-state index < -0.39 is 0 Å². The summed E-state index contributed by atoms with van der Waals surface area (Å²) in [5, 5.41) is 3.42. The maximum Gasteiger partial charge on any atom is 0.0958 e. The minimum Gasteiger partial charge on any atom is -0.472 e. The van der Waals surface area contributed by atoms with Crippen LogP contribution in [0.4, 0.5) is 0 Å². The zero-order valence-electron chi connectivity index (χ0n) is 8.51. The molecule has 2 heterocycles. The molecule has 2 aromatic heterocycles. The van der Waals surface area contributed by atoms with Gasteiger partial charge in [0.15, 0.2) is 0 Å². The summed E-state index contributed by atoms with van der Waals surface area (Å²) in [6.45, 7) is 3.09. The first-order valence-electron chi connectivity index (χ1n) is 4.94. The summed E-state index contributed by atoms with van der Waals surface area (Å²) in [6.07, 6.45) is 6.30. The predicted molar refractivity (Wildman–Crippen MR) is 58.8 cm³/mol. The molecule has 0 saturated heterocycles. The molecule has 5 heteroatoms. The van der Waals surface area contributed by atoms with Crippen LogP contribution in [0.1, 0.15) is 30.6 Å². The molecule has 0 amide bonds. The van der Waals surface area contributed by atoms with Gasteiger partial charge in [0.1, 0.15) is 0 Å². The predicted octanol–water partition coefficient (Wildman–Crippen LogP) is 2.22. The highest BCUT2D eigenvalue weighted by atomic mass is 32.1. The second-order valence-corrected chi connectivity index (χ2v) is 3.83. The van der Waals surface area contributed by atoms with Gasteiger partial charge >= 0.3 is 0 Å². The van der Waals surface area contributed by atoms with Crippen LogP contribution in [0.5, 0.6) is 0 Å². The van der Waals surface area contributed by atoms with E-state index in [2.05, 4.69) is 21.0 Å². The standard InChI is InChI=1S/C10H13N3OS/c1-2-4-11-10(8-3-5-14-7-8)9-6-12-15-13-9/h3,5-7,10-11H,2,4H2,1H3. The molecule has 0 radical (unpaired) electrons. The lowest BCUT2D eigenvalue weighted by Crippen LogP contribution is -2.22. The van der Waals surface area contributed by atoms with Crippen LogP contribution in [0.15, 0.2) is 29.2 Å². The fourth-order valence-corrected chi connectivity index (χ4v) is 1.87. The largest absolute Gasteiger partial charge is 0.472 e. The van der Waals surface area contributed by atoms with Crippen molar-refractivity contribution in [2.75, 3.05) is 6.54 Å². The van der Waals surface area contributed by atoms with Crippen molar-refractivity contribution in [3.63, 3.8) is 0 Å². The van der Waals surface area contributed by atoms with Crippen molar-refractivity contribution in [1.29, 1.82) is 0 Å². The molecular formula is C10H13N3OS. The van der Waals surface area contributed by atoms with Gasteiger partial charge in [-0.3, -0.25) is 0 Å². The number of rotatable bonds is 5. The van der Waals surface area contributed by atoms with Crippen molar-refractivity contribution in [1.82, 2.24) is 14.1 Å². The van der Waals surface area contributed by atoms with Crippen LogP contribution in [0, 0.1) is 0 Å². The molecule has 2 rings (SSSR count). The molecule has 0 aliphatic rings. The topological polar surface area (TPSA) is 51.0 Å². The zero-order chi connectivity index (χ0) is 10.5. The molecule has 0 aliphatic carbocycles. The Labute approximate surface area is 92.7 Å². The fraction of sp³-hybridized carbons (Fsp3) is 0.400. The minimum atomic E-state index is 0.0995. The maximum atomic E-state index is 5.09. The van der Waals surface area contributed by atoms with E-state index >= 15 is 0 Å². The summed E-state index contributed by atoms with van der Waals surface area (Å²) >= 11 is 1.23. The van der Waals surface area contributed by atoms with Gasteiger partial charge in [-0.1, -0.05) is 6.92 Å². The highest BCUT2D eigenvalue weighted by molar-refractivity contribution is 6.99. The summed E-state index contributed by atoms with van der Waals surface area (Å²) in [7, 11) is 0. The van der Waals surface area contributed by atoms with Crippen molar-refractivity contribution < 1.29 is 4.42 Å². The normalized spacial score (nSPS) is 12.9. The van der Waals surface area contributed by atoms with Crippen LogP contribution in [0.25, 0.3) is 0 Å². The first kappa shape index (κ1) is 10.3. The Morgan fingerprint density at radius 2 is 2.53 bits per heavy atom. The summed E-state index contributed by atoms with van der Waals surface area (Å²) in [4.78, 5) is 0. The lowest BCUT2D eigenvalue weighted by Gasteiger charge is -2.13. The molecule has 4 nitrogen and oxygen atoms in total. The summed E-state index contributed by atoms with van der Waals surface area (Å²) in [5.74, 6) is 0. The lowest BCUT2D eigenvalue weighted by molar-refractivity contribution is 0.546. The quantitative estimate of drug-likeness (QED) is 0.844. The molecule has 0 aliphatic heterocycles. The third-order valence-corrected chi connectivity index (χ3v) is 2.64. The van der Waals surface area contributed by atoms with Gasteiger partial charge in [-0.2, -0.15) is 8.75 Å². The molecule has 0 saturated carbocycles. The number of aromatic nitrogens is 2. The van der Waals surface area contributed by atoms with Gasteiger partial charge in [-0.25, -0.2) is 0 Å². The van der Waals surface area contributed by atoms with E-state index in [1.165, 1.54) is 11.7 Å². The molecule has 15 heavy (non-hydrogen) atoms. The van der Waals surface area contributed by atoms with E-state index in [-0.39, 0.29) is 6.04 Å². The Morgan fingerprint density at radius 3 is 3.13 bits per heavy atom. The molecule has 0 fully saturated rings. The van der Waals surface area contributed by atoms with Crippen molar-refractivity contribution in [2.45, 2.75) is 19.4 Å². The number of nitrogens with zero attached hydrogens (tertiary/aromatic N) is 2. The van der Waals surface area contributed by atoms with Crippen LogP contribution < -0.4 is 5.32 Å². The summed E-state index contributed by atoms with van der Waals surface area (Å²) < 4.78 is 13.4. The maximum absolute atomic E-state index is 5.09. The molecule has 2 aromatic rings. The Hall–Kier alpha value is -1.20. The van der Waals surface area contributed by atoms with E-state index in [0.717, 1.165) is 24.2 Å². The zero-order valence-corrected chi connectivity index (χ0v) is 9.33. The summed E-state index contributed by atoms with van der Waals surface area (Å²) in [6, 6.07) is 2.05. The van der Waals surface area contributed by atoms with E-state index in [1.807, 2.05) is 6.07 Å². The molecule has 80 valence electrons. The minimum absolute atomic E-state index is 0.0995. The van der Waals surface area contributed by atoms with Crippen molar-refractivity contribution >= 4 is 11.7 Å². The van der Waals surface area contributed by atoms with Gasteiger partial charge in [-0.15, -0.1) is 0 Å². The Balaban J connectivity index is 2.17. The molecular weight excluding hydrogens is 210 g/mol. The van der Waals surface area contributed by atoms with Gasteiger partial charge in [0, 0.05) is 5.56 Å². The van der Waals surface area contributed by atoms with Gasteiger partial charge in [0.25, 0.3) is 0 Å². The lowest BCUT2D eigenvalue weighted by atomic mass is 10.1. The first-order chi connectivity index (χ1) is 7.42. The van der Waals surface area contributed by atoms with Crippen molar-refractivity contribution in [3.8, 4) is 0 Å². The smallest absolute Gasteiger partial charge is 0.0958 e. The number of furan rings is 1. The highest BCUT2D eigenvalue weighted by Gasteiger charge is 2.16. The van der Waals surface area contributed by atoms with Gasteiger partial charge in [0.05, 0.1) is 42.2 Å². The van der Waals surface area contributed by atoms with E-state index in [4.69, 9.17) is 4.42 Å². The highest BCUT2D eigenvalue weighted by Crippen LogP contribution is 2.20. The van der Waals surface area contributed by atoms with Crippen LogP contribution >= 0.6 is 11.7 Å². The van der Waals surface area contributed by atoms with Crippen LogP contribution in [0.2, 0.25) is 0 Å². The molecule has 1 unspecified atom stereocenters. The van der Waals surface area contributed by atoms with E-state index in [1.54, 1.807) is 18.7 Å². The van der Waals surface area contributed by atoms with Gasteiger partial charge in [-0.05, 0) is 19.0 Å². The molecule has 0 spiro atoms. The van der Waals surface area contributed by atoms with Gasteiger partial charge < -0.3 is 9.73 Å². The fourth-order valence-electron chi connectivity index (χ4n) is 1.42. The van der Waals surface area contributed by atoms with Crippen molar-refractivity contribution in [2.24, 2.45) is 0 Å². The monoisotopic (exact) mass is 223 g/mol. The number of nitrogens with one attached hydrogen (secondary N) is 1. The molecule has 1 atom stereocenters. The third-order valence-electron chi connectivity index (χ3n) is 2.15. The Kier molecular flexibility index (Phi) is 3.47. The molecule has 1 N–H and O–H groups in total. The SMILES string of the molecule is CCCNC(c1ccoc1)c1cnsn1. The Bertz CT molecular complexity index is 337.